The van der Waals surface area contributed by atoms with Crippen LogP contribution in [0, 0.1) is 22.7 Å². The Morgan fingerprint density at radius 3 is 2.47 bits per heavy atom. The second kappa shape index (κ2) is 7.66. The Morgan fingerprint density at radius 1 is 1.09 bits per heavy atom. The number of hydrogen-bond acceptors (Lipinski definition) is 7. The van der Waals surface area contributed by atoms with Crippen molar-refractivity contribution in [1.29, 1.82) is 10.5 Å². The lowest BCUT2D eigenvalue weighted by Crippen LogP contribution is -1.95. The van der Waals surface area contributed by atoms with Crippen molar-refractivity contribution >= 4 is 39.2 Å². The number of allylic oxidation sites excluding steroid dienone is 3. The Hall–Kier alpha value is -4.46. The van der Waals surface area contributed by atoms with Crippen LogP contribution in [-0.2, 0) is 0 Å². The molecule has 0 unspecified atom stereocenters. The molecule has 0 fully saturated rings. The number of nitriles is 2. The Balaban J connectivity index is 1.57. The van der Waals surface area contributed by atoms with Gasteiger partial charge in [0.15, 0.2) is 5.78 Å². The normalized spacial score (nSPS) is 13.8. The first kappa shape index (κ1) is 19.5. The predicted molar refractivity (Wildman–Crippen MR) is 121 cm³/mol. The fraction of sp³-hybridized carbons (Fsp3) is 0.0400. The molecule has 7 heteroatoms. The molecule has 0 aliphatic heterocycles. The molecule has 0 saturated heterocycles. The number of furan rings is 1. The molecule has 0 amide bonds. The molecule has 5 rings (SSSR count). The number of rotatable bonds is 3. The van der Waals surface area contributed by atoms with E-state index in [9.17, 15) is 15.3 Å². The molecule has 0 N–H and O–H groups in total. The lowest BCUT2D eigenvalue weighted by Gasteiger charge is -2.01. The van der Waals surface area contributed by atoms with E-state index in [1.54, 1.807) is 43.5 Å². The van der Waals surface area contributed by atoms with Gasteiger partial charge in [0.2, 0.25) is 5.71 Å². The van der Waals surface area contributed by atoms with Crippen LogP contribution >= 0.6 is 11.3 Å². The maximum absolute atomic E-state index is 13.0. The molecule has 152 valence electrons. The minimum atomic E-state index is -0.245. The molecule has 0 saturated carbocycles. The highest BCUT2D eigenvalue weighted by atomic mass is 32.1. The lowest BCUT2D eigenvalue weighted by molar-refractivity contribution is 0.104. The zero-order valence-electron chi connectivity index (χ0n) is 16.7. The summed E-state index contributed by atoms with van der Waals surface area (Å²) in [6.45, 7) is 0. The number of methoxy groups -OCH3 is 1. The van der Waals surface area contributed by atoms with Gasteiger partial charge in [-0.05, 0) is 35.9 Å². The first-order valence-corrected chi connectivity index (χ1v) is 10.4. The van der Waals surface area contributed by atoms with Crippen LogP contribution in [0.15, 0.2) is 70.2 Å². The zero-order chi connectivity index (χ0) is 22.2. The van der Waals surface area contributed by atoms with Gasteiger partial charge in [0.1, 0.15) is 34.2 Å². The summed E-state index contributed by atoms with van der Waals surface area (Å²) in [6, 6.07) is 20.2. The van der Waals surface area contributed by atoms with E-state index >= 15 is 0 Å². The van der Waals surface area contributed by atoms with Crippen LogP contribution in [0.4, 0.5) is 0 Å². The first-order valence-electron chi connectivity index (χ1n) is 9.58. The summed E-state index contributed by atoms with van der Waals surface area (Å²) >= 11 is 1.47. The average Bonchev–Trinajstić information content (AvgIpc) is 3.47. The lowest BCUT2D eigenvalue weighted by atomic mass is 9.99. The molecule has 0 bridgehead atoms. The third-order valence-corrected chi connectivity index (χ3v) is 6.19. The van der Waals surface area contributed by atoms with Crippen LogP contribution in [0.5, 0.6) is 5.75 Å². The number of carbonyl (C=O) groups excluding carboxylic acids is 1. The molecule has 6 nitrogen and oxygen atoms in total. The standard InChI is InChI=1S/C25H13N3O3S/c1-30-16-8-6-14(7-9-16)25-28-24-21(32-25)11-17(31-24)10-20-22(15(12-26)13-27)18-4-2-3-5-19(18)23(20)29/h2-11H,1H3/b20-10-. The van der Waals surface area contributed by atoms with Gasteiger partial charge in [-0.25, -0.2) is 4.98 Å². The quantitative estimate of drug-likeness (QED) is 0.305. The van der Waals surface area contributed by atoms with Crippen molar-refractivity contribution in [3.63, 3.8) is 0 Å². The van der Waals surface area contributed by atoms with Crippen molar-refractivity contribution < 1.29 is 13.9 Å². The smallest absolute Gasteiger partial charge is 0.238 e. The van der Waals surface area contributed by atoms with Gasteiger partial charge in [0, 0.05) is 28.3 Å². The van der Waals surface area contributed by atoms with Crippen molar-refractivity contribution in [2.45, 2.75) is 0 Å². The van der Waals surface area contributed by atoms with E-state index in [1.165, 1.54) is 11.3 Å². The van der Waals surface area contributed by atoms with Crippen molar-refractivity contribution in [3.05, 3.63) is 82.6 Å². The summed E-state index contributed by atoms with van der Waals surface area (Å²) < 4.78 is 11.9. The highest BCUT2D eigenvalue weighted by Gasteiger charge is 2.32. The first-order chi connectivity index (χ1) is 15.6. The van der Waals surface area contributed by atoms with Gasteiger partial charge in [-0.15, -0.1) is 11.3 Å². The molecule has 32 heavy (non-hydrogen) atoms. The van der Waals surface area contributed by atoms with E-state index in [0.717, 1.165) is 21.0 Å². The van der Waals surface area contributed by atoms with Crippen LogP contribution in [0.25, 0.3) is 32.6 Å². The van der Waals surface area contributed by atoms with Gasteiger partial charge < -0.3 is 9.15 Å². The van der Waals surface area contributed by atoms with Crippen LogP contribution in [-0.4, -0.2) is 17.9 Å². The molecule has 2 aromatic heterocycles. The predicted octanol–water partition coefficient (Wildman–Crippen LogP) is 5.65. The number of aromatic nitrogens is 1. The molecule has 4 aromatic rings. The summed E-state index contributed by atoms with van der Waals surface area (Å²) in [6.07, 6.45) is 1.58. The number of Topliss-reactive ketones (excluding diaryl/α,β-unsaturated/α-hetero) is 1. The summed E-state index contributed by atoms with van der Waals surface area (Å²) in [5.41, 5.74) is 2.94. The number of carbonyl (C=O) groups is 1. The number of ketones is 1. The zero-order valence-corrected chi connectivity index (χ0v) is 17.6. The Bertz CT molecular complexity index is 1490. The molecule has 0 radical (unpaired) electrons. The summed E-state index contributed by atoms with van der Waals surface area (Å²) in [4.78, 5) is 17.6. The Morgan fingerprint density at radius 2 is 1.81 bits per heavy atom. The number of ether oxygens (including phenoxy) is 1. The monoisotopic (exact) mass is 435 g/mol. The third kappa shape index (κ3) is 3.09. The van der Waals surface area contributed by atoms with E-state index < -0.39 is 0 Å². The van der Waals surface area contributed by atoms with Gasteiger partial charge in [-0.3, -0.25) is 4.79 Å². The van der Waals surface area contributed by atoms with E-state index in [-0.39, 0.29) is 16.9 Å². The number of hydrogen-bond donors (Lipinski definition) is 0. The maximum Gasteiger partial charge on any atom is 0.238 e. The summed E-state index contributed by atoms with van der Waals surface area (Å²) in [5, 5.41) is 19.7. The second-order valence-electron chi connectivity index (χ2n) is 6.97. The molecule has 2 heterocycles. The number of fused-ring (bicyclic) bond motifs is 2. The van der Waals surface area contributed by atoms with E-state index in [0.29, 0.717) is 28.2 Å². The molecule has 0 spiro atoms. The van der Waals surface area contributed by atoms with Crippen molar-refractivity contribution in [1.82, 2.24) is 4.98 Å². The average molecular weight is 435 g/mol. The van der Waals surface area contributed by atoms with E-state index in [2.05, 4.69) is 4.98 Å². The van der Waals surface area contributed by atoms with Crippen LogP contribution < -0.4 is 4.74 Å². The van der Waals surface area contributed by atoms with E-state index in [4.69, 9.17) is 9.15 Å². The third-order valence-electron chi connectivity index (χ3n) is 5.16. The molecule has 1 aliphatic carbocycles. The second-order valence-corrected chi connectivity index (χ2v) is 8.00. The highest BCUT2D eigenvalue weighted by molar-refractivity contribution is 7.21. The van der Waals surface area contributed by atoms with E-state index in [1.807, 2.05) is 36.4 Å². The van der Waals surface area contributed by atoms with Gasteiger partial charge in [-0.2, -0.15) is 10.5 Å². The number of thiazole rings is 1. The van der Waals surface area contributed by atoms with Gasteiger partial charge in [0.25, 0.3) is 0 Å². The molecule has 1 aliphatic rings. The summed E-state index contributed by atoms with van der Waals surface area (Å²) in [5.74, 6) is 0.956. The molecule has 0 atom stereocenters. The Labute approximate surface area is 186 Å². The fourth-order valence-electron chi connectivity index (χ4n) is 3.67. The topological polar surface area (TPSA) is 99.9 Å². The minimum absolute atomic E-state index is 0.108. The van der Waals surface area contributed by atoms with Crippen LogP contribution in [0.1, 0.15) is 21.7 Å². The summed E-state index contributed by atoms with van der Waals surface area (Å²) in [7, 11) is 1.62. The Kier molecular flexibility index (Phi) is 4.67. The van der Waals surface area contributed by atoms with Gasteiger partial charge in [0.05, 0.1) is 11.8 Å². The largest absolute Gasteiger partial charge is 0.497 e. The molecular weight excluding hydrogens is 422 g/mol. The number of benzene rings is 2. The van der Waals surface area contributed by atoms with Crippen molar-refractivity contribution in [3.8, 4) is 28.5 Å². The van der Waals surface area contributed by atoms with Gasteiger partial charge >= 0.3 is 0 Å². The van der Waals surface area contributed by atoms with Crippen molar-refractivity contribution in [2.24, 2.45) is 0 Å². The number of nitrogens with zero attached hydrogens (tertiary/aromatic N) is 3. The van der Waals surface area contributed by atoms with Crippen LogP contribution in [0.2, 0.25) is 0 Å². The maximum atomic E-state index is 13.0. The van der Waals surface area contributed by atoms with Gasteiger partial charge in [-0.1, -0.05) is 24.3 Å². The molecule has 2 aromatic carbocycles. The van der Waals surface area contributed by atoms with Crippen molar-refractivity contribution in [2.75, 3.05) is 7.11 Å². The minimum Gasteiger partial charge on any atom is -0.497 e. The highest BCUT2D eigenvalue weighted by Crippen LogP contribution is 2.40. The van der Waals surface area contributed by atoms with Crippen LogP contribution in [0.3, 0.4) is 0 Å². The molecular formula is C25H13N3O3S. The fourth-order valence-corrected chi connectivity index (χ4v) is 4.61. The SMILES string of the molecule is COc1ccc(-c2nc3oc(/C=C4\C(=O)c5ccccc5C4=C(C#N)C#N)cc3s2)cc1.